The molecule has 1 fully saturated rings. The van der Waals surface area contributed by atoms with Crippen LogP contribution in [0.4, 0.5) is 5.69 Å². The molecule has 2 aliphatic rings. The molecule has 1 aliphatic carbocycles. The molecule has 1 aliphatic heterocycles. The minimum absolute atomic E-state index is 0.0840. The number of hydrogen-bond donors (Lipinski definition) is 1. The molecule has 24 heavy (non-hydrogen) atoms. The summed E-state index contributed by atoms with van der Waals surface area (Å²) in [6, 6.07) is 7.32. The van der Waals surface area contributed by atoms with Crippen LogP contribution in [0.25, 0.3) is 0 Å². The summed E-state index contributed by atoms with van der Waals surface area (Å²) in [7, 11) is 0. The number of carbonyl (C=O) groups excluding carboxylic acids is 1. The van der Waals surface area contributed by atoms with Crippen LogP contribution in [0, 0.1) is 21.4 Å². The molecule has 1 amide bonds. The van der Waals surface area contributed by atoms with E-state index < -0.39 is 10.8 Å². The van der Waals surface area contributed by atoms with Gasteiger partial charge in [0, 0.05) is 17.7 Å². The largest absolute Gasteiger partial charge is 0.472 e. The Bertz CT molecular complexity index is 712. The molecule has 0 bridgehead atoms. The second kappa shape index (κ2) is 7.13. The van der Waals surface area contributed by atoms with Crippen molar-refractivity contribution in [2.45, 2.75) is 45.1 Å². The number of amides is 1. The summed E-state index contributed by atoms with van der Waals surface area (Å²) in [5.41, 5.74) is 0.403. The summed E-state index contributed by atoms with van der Waals surface area (Å²) in [6.45, 7) is 4.00. The number of nitriles is 1. The summed E-state index contributed by atoms with van der Waals surface area (Å²) in [5.74, 6) is -0.232. The SMILES string of the molecule is CC.N#CC1=C(NC(=O)c2ccc([N+](=O)[O-])cc2)OC2(CC1)CC2. The van der Waals surface area contributed by atoms with Gasteiger partial charge in [0.05, 0.1) is 10.5 Å². The van der Waals surface area contributed by atoms with Crippen LogP contribution in [0.15, 0.2) is 35.7 Å². The summed E-state index contributed by atoms with van der Waals surface area (Å²) in [5, 5.41) is 22.3. The first-order chi connectivity index (χ1) is 11.5. The number of carbonyl (C=O) groups is 1. The van der Waals surface area contributed by atoms with E-state index in [0.717, 1.165) is 19.3 Å². The Morgan fingerprint density at radius 3 is 2.42 bits per heavy atom. The number of rotatable bonds is 3. The summed E-state index contributed by atoms with van der Waals surface area (Å²) in [4.78, 5) is 22.3. The van der Waals surface area contributed by atoms with Gasteiger partial charge in [-0.05, 0) is 37.8 Å². The van der Waals surface area contributed by atoms with Gasteiger partial charge in [-0.25, -0.2) is 0 Å². The molecule has 3 rings (SSSR count). The first-order valence-electron chi connectivity index (χ1n) is 7.91. The highest BCUT2D eigenvalue weighted by molar-refractivity contribution is 5.95. The molecule has 7 nitrogen and oxygen atoms in total. The van der Waals surface area contributed by atoms with Crippen LogP contribution in [0.3, 0.4) is 0 Å². The van der Waals surface area contributed by atoms with Crippen molar-refractivity contribution in [3.63, 3.8) is 0 Å². The molecule has 1 aromatic rings. The average molecular weight is 329 g/mol. The summed E-state index contributed by atoms with van der Waals surface area (Å²) in [6.07, 6.45) is 3.25. The Labute approximate surface area is 140 Å². The molecule has 1 aromatic carbocycles. The van der Waals surface area contributed by atoms with Crippen molar-refractivity contribution in [3.05, 3.63) is 51.4 Å². The molecule has 1 saturated carbocycles. The standard InChI is InChI=1S/C15H13N3O4.C2H6/c16-9-11-5-6-15(7-8-15)22-14(11)17-13(19)10-1-3-12(4-2-10)18(20)21;1-2/h1-4H,5-8H2,(H,17,19);1-2H3. The Kier molecular flexibility index (Phi) is 5.19. The molecule has 126 valence electrons. The average Bonchev–Trinajstić information content (AvgIpc) is 3.36. The van der Waals surface area contributed by atoms with Gasteiger partial charge in [-0.2, -0.15) is 5.26 Å². The third-order valence-electron chi connectivity index (χ3n) is 3.93. The molecule has 0 unspecified atom stereocenters. The van der Waals surface area contributed by atoms with Crippen molar-refractivity contribution < 1.29 is 14.5 Å². The maximum Gasteiger partial charge on any atom is 0.269 e. The molecule has 1 N–H and O–H groups in total. The van der Waals surface area contributed by atoms with Gasteiger partial charge in [0.2, 0.25) is 5.88 Å². The lowest BCUT2D eigenvalue weighted by atomic mass is 10.0. The predicted molar refractivity (Wildman–Crippen MR) is 86.8 cm³/mol. The lowest BCUT2D eigenvalue weighted by Crippen LogP contribution is -2.32. The van der Waals surface area contributed by atoms with Gasteiger partial charge in [0.25, 0.3) is 11.6 Å². The van der Waals surface area contributed by atoms with Crippen molar-refractivity contribution in [2.75, 3.05) is 0 Å². The first-order valence-corrected chi connectivity index (χ1v) is 7.91. The topological polar surface area (TPSA) is 105 Å². The van der Waals surface area contributed by atoms with Gasteiger partial charge >= 0.3 is 0 Å². The zero-order valence-corrected chi connectivity index (χ0v) is 13.7. The fourth-order valence-corrected chi connectivity index (χ4v) is 2.40. The summed E-state index contributed by atoms with van der Waals surface area (Å²) < 4.78 is 5.76. The van der Waals surface area contributed by atoms with Crippen LogP contribution in [0.5, 0.6) is 0 Å². The van der Waals surface area contributed by atoms with Crippen LogP contribution in [-0.2, 0) is 4.74 Å². The van der Waals surface area contributed by atoms with Crippen LogP contribution in [-0.4, -0.2) is 16.4 Å². The van der Waals surface area contributed by atoms with E-state index in [4.69, 9.17) is 10.00 Å². The molecule has 7 heteroatoms. The minimum Gasteiger partial charge on any atom is -0.472 e. The van der Waals surface area contributed by atoms with Gasteiger partial charge in [-0.15, -0.1) is 0 Å². The molecular formula is C17H19N3O4. The monoisotopic (exact) mass is 329 g/mol. The van der Waals surface area contributed by atoms with Crippen molar-refractivity contribution in [1.82, 2.24) is 5.32 Å². The second-order valence-corrected chi connectivity index (χ2v) is 5.46. The zero-order valence-electron chi connectivity index (χ0n) is 13.7. The van der Waals surface area contributed by atoms with Gasteiger partial charge in [-0.3, -0.25) is 20.2 Å². The third-order valence-corrected chi connectivity index (χ3v) is 3.93. The number of ether oxygens (including phenoxy) is 1. The van der Waals surface area contributed by atoms with E-state index in [1.165, 1.54) is 24.3 Å². The maximum atomic E-state index is 12.2. The van der Waals surface area contributed by atoms with Crippen molar-refractivity contribution in [1.29, 1.82) is 5.26 Å². The lowest BCUT2D eigenvalue weighted by Gasteiger charge is -2.26. The van der Waals surface area contributed by atoms with Crippen molar-refractivity contribution in [3.8, 4) is 6.07 Å². The normalized spacial score (nSPS) is 17.0. The van der Waals surface area contributed by atoms with Gasteiger partial charge in [0.1, 0.15) is 11.7 Å². The highest BCUT2D eigenvalue weighted by atomic mass is 16.6. The number of hydrogen-bond acceptors (Lipinski definition) is 5. The van der Waals surface area contributed by atoms with E-state index in [0.29, 0.717) is 12.0 Å². The Balaban J connectivity index is 0.00000100. The van der Waals surface area contributed by atoms with E-state index in [2.05, 4.69) is 11.4 Å². The number of nitrogens with zero attached hydrogens (tertiary/aromatic N) is 2. The number of allylic oxidation sites excluding steroid dienone is 1. The molecule has 0 aromatic heterocycles. The zero-order chi connectivity index (χ0) is 17.7. The van der Waals surface area contributed by atoms with Gasteiger partial charge in [0.15, 0.2) is 0 Å². The van der Waals surface area contributed by atoms with Crippen LogP contribution in [0.2, 0.25) is 0 Å². The van der Waals surface area contributed by atoms with Crippen LogP contribution in [0.1, 0.15) is 49.9 Å². The molecular weight excluding hydrogens is 310 g/mol. The lowest BCUT2D eigenvalue weighted by molar-refractivity contribution is -0.384. The number of nitro benzene ring substituents is 1. The van der Waals surface area contributed by atoms with E-state index >= 15 is 0 Å². The first kappa shape index (κ1) is 17.5. The van der Waals surface area contributed by atoms with E-state index in [-0.39, 0.29) is 22.7 Å². The molecule has 0 atom stereocenters. The highest BCUT2D eigenvalue weighted by Crippen LogP contribution is 2.48. The van der Waals surface area contributed by atoms with Crippen molar-refractivity contribution >= 4 is 11.6 Å². The third kappa shape index (κ3) is 3.71. The summed E-state index contributed by atoms with van der Waals surface area (Å²) >= 11 is 0. The molecule has 0 radical (unpaired) electrons. The smallest absolute Gasteiger partial charge is 0.269 e. The number of nitro groups is 1. The number of nitrogens with one attached hydrogen (secondary N) is 1. The van der Waals surface area contributed by atoms with Crippen molar-refractivity contribution in [2.24, 2.45) is 0 Å². The van der Waals surface area contributed by atoms with Gasteiger partial charge < -0.3 is 4.74 Å². The predicted octanol–water partition coefficient (Wildman–Crippen LogP) is 3.43. The highest BCUT2D eigenvalue weighted by Gasteiger charge is 2.48. The van der Waals surface area contributed by atoms with Gasteiger partial charge in [-0.1, -0.05) is 13.8 Å². The fraction of sp³-hybridized carbons (Fsp3) is 0.412. The fourth-order valence-electron chi connectivity index (χ4n) is 2.40. The number of non-ortho nitro benzene ring substituents is 1. The quantitative estimate of drug-likeness (QED) is 0.675. The van der Waals surface area contributed by atoms with E-state index in [9.17, 15) is 14.9 Å². The van der Waals surface area contributed by atoms with E-state index in [1.807, 2.05) is 13.8 Å². The molecule has 0 saturated heterocycles. The maximum absolute atomic E-state index is 12.2. The Morgan fingerprint density at radius 1 is 1.29 bits per heavy atom. The second-order valence-electron chi connectivity index (χ2n) is 5.46. The molecule has 1 heterocycles. The molecule has 1 spiro atoms. The minimum atomic E-state index is -0.529. The Morgan fingerprint density at radius 2 is 1.92 bits per heavy atom. The van der Waals surface area contributed by atoms with E-state index in [1.54, 1.807) is 0 Å². The van der Waals surface area contributed by atoms with Crippen LogP contribution < -0.4 is 5.32 Å². The Hall–Kier alpha value is -2.88. The van der Waals surface area contributed by atoms with Crippen LogP contribution >= 0.6 is 0 Å². The number of benzene rings is 1.